The third-order valence-electron chi connectivity index (χ3n) is 6.87. The van der Waals surface area contributed by atoms with Gasteiger partial charge in [-0.2, -0.15) is 5.10 Å². The van der Waals surface area contributed by atoms with Crippen LogP contribution in [0.25, 0.3) is 16.9 Å². The van der Waals surface area contributed by atoms with Crippen LogP contribution in [-0.2, 0) is 4.79 Å². The quantitative estimate of drug-likeness (QED) is 0.656. The van der Waals surface area contributed by atoms with Gasteiger partial charge >= 0.3 is 0 Å². The number of amides is 2. The van der Waals surface area contributed by atoms with Crippen LogP contribution in [0.15, 0.2) is 66.7 Å². The molecule has 2 aliphatic rings. The molecule has 2 saturated heterocycles. The van der Waals surface area contributed by atoms with Crippen molar-refractivity contribution in [3.8, 4) is 16.9 Å². The first kappa shape index (κ1) is 19.5. The van der Waals surface area contributed by atoms with E-state index in [9.17, 15) is 9.59 Å². The minimum absolute atomic E-state index is 0.0136. The molecular weight excluding hydrogens is 388 g/mol. The number of carbonyl (C=O) groups is 2. The van der Waals surface area contributed by atoms with Crippen molar-refractivity contribution in [3.63, 3.8) is 0 Å². The highest BCUT2D eigenvalue weighted by molar-refractivity contribution is 5.94. The van der Waals surface area contributed by atoms with Gasteiger partial charge < -0.3 is 9.80 Å². The van der Waals surface area contributed by atoms with Crippen molar-refractivity contribution < 1.29 is 9.59 Å². The summed E-state index contributed by atoms with van der Waals surface area (Å²) >= 11 is 0. The zero-order valence-electron chi connectivity index (χ0n) is 17.7. The molecule has 1 aromatic heterocycles. The molecule has 3 heterocycles. The van der Waals surface area contributed by atoms with Crippen LogP contribution in [0.5, 0.6) is 0 Å². The summed E-state index contributed by atoms with van der Waals surface area (Å²) in [6.45, 7) is 1.30. The van der Waals surface area contributed by atoms with Gasteiger partial charge in [-0.15, -0.1) is 0 Å². The van der Waals surface area contributed by atoms with Crippen molar-refractivity contribution in [2.24, 2.45) is 0 Å². The Labute approximate surface area is 182 Å². The fourth-order valence-corrected chi connectivity index (χ4v) is 4.86. The van der Waals surface area contributed by atoms with Crippen LogP contribution >= 0.6 is 0 Å². The van der Waals surface area contributed by atoms with E-state index in [1.54, 1.807) is 4.68 Å². The van der Waals surface area contributed by atoms with Gasteiger partial charge in [0.25, 0.3) is 5.91 Å². The topological polar surface area (TPSA) is 58.4 Å². The molecule has 0 bridgehead atoms. The van der Waals surface area contributed by atoms with E-state index in [1.807, 2.05) is 83.6 Å². The van der Waals surface area contributed by atoms with E-state index < -0.39 is 0 Å². The first-order chi connectivity index (χ1) is 15.1. The number of aromatic nitrogens is 2. The zero-order valence-corrected chi connectivity index (χ0v) is 17.7. The second-order valence-electron chi connectivity index (χ2n) is 8.50. The van der Waals surface area contributed by atoms with Crippen molar-refractivity contribution in [1.29, 1.82) is 0 Å². The Morgan fingerprint density at radius 1 is 0.935 bits per heavy atom. The Balaban J connectivity index is 1.45. The number of para-hydroxylation sites is 1. The molecular formula is C25H26N4O2. The van der Waals surface area contributed by atoms with Crippen molar-refractivity contribution in [2.45, 2.75) is 31.2 Å². The molecule has 5 rings (SSSR count). The molecule has 1 spiro atoms. The SMILES string of the molecule is CN1C(=O)CCC12CCN(C(=O)c1cc(-c3ccccc3)nn1-c1ccccc1)CC2. The lowest BCUT2D eigenvalue weighted by Gasteiger charge is -2.43. The fraction of sp³-hybridized carbons (Fsp3) is 0.320. The van der Waals surface area contributed by atoms with Crippen LogP contribution in [0.2, 0.25) is 0 Å². The Morgan fingerprint density at radius 2 is 1.58 bits per heavy atom. The minimum Gasteiger partial charge on any atom is -0.340 e. The van der Waals surface area contributed by atoms with Crippen molar-refractivity contribution in [1.82, 2.24) is 19.6 Å². The van der Waals surface area contributed by atoms with Gasteiger partial charge in [-0.1, -0.05) is 48.5 Å². The molecule has 6 nitrogen and oxygen atoms in total. The maximum absolute atomic E-state index is 13.6. The van der Waals surface area contributed by atoms with Crippen molar-refractivity contribution in [2.75, 3.05) is 20.1 Å². The summed E-state index contributed by atoms with van der Waals surface area (Å²) in [6, 6.07) is 21.6. The number of rotatable bonds is 3. The number of nitrogens with zero attached hydrogens (tertiary/aromatic N) is 4. The molecule has 3 aromatic rings. The van der Waals surface area contributed by atoms with Crippen LogP contribution in [0.4, 0.5) is 0 Å². The molecule has 0 N–H and O–H groups in total. The monoisotopic (exact) mass is 414 g/mol. The number of likely N-dealkylation sites (tertiary alicyclic amines) is 2. The summed E-state index contributed by atoms with van der Waals surface area (Å²) in [7, 11) is 1.91. The average Bonchev–Trinajstić information content (AvgIpc) is 3.39. The summed E-state index contributed by atoms with van der Waals surface area (Å²) in [5.41, 5.74) is 3.11. The maximum atomic E-state index is 13.6. The number of carbonyl (C=O) groups excluding carboxylic acids is 2. The van der Waals surface area contributed by atoms with Gasteiger partial charge in [-0.05, 0) is 37.5 Å². The third kappa shape index (κ3) is 3.42. The van der Waals surface area contributed by atoms with E-state index in [1.165, 1.54) is 0 Å². The van der Waals surface area contributed by atoms with Crippen molar-refractivity contribution in [3.05, 3.63) is 72.4 Å². The second kappa shape index (κ2) is 7.69. The number of benzene rings is 2. The molecule has 0 aliphatic carbocycles. The highest BCUT2D eigenvalue weighted by Gasteiger charge is 2.45. The largest absolute Gasteiger partial charge is 0.340 e. The van der Waals surface area contributed by atoms with E-state index in [0.29, 0.717) is 25.2 Å². The van der Waals surface area contributed by atoms with E-state index in [-0.39, 0.29) is 17.4 Å². The third-order valence-corrected chi connectivity index (χ3v) is 6.87. The van der Waals surface area contributed by atoms with E-state index >= 15 is 0 Å². The van der Waals surface area contributed by atoms with Crippen LogP contribution in [0, 0.1) is 0 Å². The number of hydrogen-bond donors (Lipinski definition) is 0. The molecule has 6 heteroatoms. The summed E-state index contributed by atoms with van der Waals surface area (Å²) in [4.78, 5) is 29.5. The van der Waals surface area contributed by atoms with Crippen LogP contribution < -0.4 is 0 Å². The predicted octanol–water partition coefficient (Wildman–Crippen LogP) is 3.77. The summed E-state index contributed by atoms with van der Waals surface area (Å²) < 4.78 is 1.75. The Morgan fingerprint density at radius 3 is 2.19 bits per heavy atom. The standard InChI is InChI=1S/C25H26N4O2/c1-27-23(30)12-13-25(27)14-16-28(17-15-25)24(31)22-18-21(19-8-4-2-5-9-19)26-29(22)20-10-6-3-7-11-20/h2-11,18H,12-17H2,1H3. The summed E-state index contributed by atoms with van der Waals surface area (Å²) in [6.07, 6.45) is 3.16. The average molecular weight is 415 g/mol. The predicted molar refractivity (Wildman–Crippen MR) is 119 cm³/mol. The van der Waals surface area contributed by atoms with Gasteiger partial charge in [-0.3, -0.25) is 9.59 Å². The van der Waals surface area contributed by atoms with Gasteiger partial charge in [-0.25, -0.2) is 4.68 Å². The first-order valence-corrected chi connectivity index (χ1v) is 10.8. The lowest BCUT2D eigenvalue weighted by molar-refractivity contribution is -0.130. The van der Waals surface area contributed by atoms with Crippen molar-refractivity contribution >= 4 is 11.8 Å². The molecule has 0 radical (unpaired) electrons. The summed E-state index contributed by atoms with van der Waals surface area (Å²) in [5, 5.41) is 4.78. The second-order valence-corrected chi connectivity index (χ2v) is 8.50. The van der Waals surface area contributed by atoms with Gasteiger partial charge in [0.15, 0.2) is 0 Å². The molecule has 2 aliphatic heterocycles. The number of piperidine rings is 1. The molecule has 31 heavy (non-hydrogen) atoms. The Bertz CT molecular complexity index is 1100. The van der Waals surface area contributed by atoms with Gasteiger partial charge in [0.2, 0.25) is 5.91 Å². The van der Waals surface area contributed by atoms with Crippen LogP contribution in [0.3, 0.4) is 0 Å². The van der Waals surface area contributed by atoms with Gasteiger partial charge in [0.05, 0.1) is 11.4 Å². The van der Waals surface area contributed by atoms with Gasteiger partial charge in [0.1, 0.15) is 5.69 Å². The lowest BCUT2D eigenvalue weighted by Crippen LogP contribution is -2.52. The lowest BCUT2D eigenvalue weighted by atomic mass is 9.85. The zero-order chi connectivity index (χ0) is 21.4. The molecule has 158 valence electrons. The minimum atomic E-state index is -0.0806. The molecule has 0 unspecified atom stereocenters. The molecule has 2 amide bonds. The van der Waals surface area contributed by atoms with Crippen LogP contribution in [0.1, 0.15) is 36.2 Å². The Hall–Kier alpha value is -3.41. The maximum Gasteiger partial charge on any atom is 0.272 e. The van der Waals surface area contributed by atoms with E-state index in [4.69, 9.17) is 5.10 Å². The molecule has 2 fully saturated rings. The van der Waals surface area contributed by atoms with E-state index in [2.05, 4.69) is 0 Å². The summed E-state index contributed by atoms with van der Waals surface area (Å²) in [5.74, 6) is 0.204. The Kier molecular flexibility index (Phi) is 4.85. The first-order valence-electron chi connectivity index (χ1n) is 10.8. The van der Waals surface area contributed by atoms with Crippen LogP contribution in [-0.4, -0.2) is 57.1 Å². The highest BCUT2D eigenvalue weighted by atomic mass is 16.2. The number of hydrogen-bond acceptors (Lipinski definition) is 3. The molecule has 0 saturated carbocycles. The highest BCUT2D eigenvalue weighted by Crippen LogP contribution is 2.38. The normalized spacial score (nSPS) is 18.0. The molecule has 2 aromatic carbocycles. The van der Waals surface area contributed by atoms with Gasteiger partial charge in [0, 0.05) is 37.7 Å². The smallest absolute Gasteiger partial charge is 0.272 e. The molecule has 0 atom stereocenters. The fourth-order valence-electron chi connectivity index (χ4n) is 4.86. The van der Waals surface area contributed by atoms with E-state index in [0.717, 1.165) is 36.2 Å².